The molecule has 1 aromatic carbocycles. The molecule has 1 N–H and O–H groups in total. The first-order valence-electron chi connectivity index (χ1n) is 8.26. The first kappa shape index (κ1) is 16.9. The molecule has 1 fully saturated rings. The number of nitrogens with zero attached hydrogens (tertiary/aromatic N) is 3. The average molecular weight is 340 g/mol. The number of rotatable bonds is 6. The van der Waals surface area contributed by atoms with Crippen LogP contribution < -0.4 is 5.32 Å². The highest BCUT2D eigenvalue weighted by Gasteiger charge is 2.33. The van der Waals surface area contributed by atoms with Crippen LogP contribution >= 0.6 is 0 Å². The maximum Gasteiger partial charge on any atom is 0.318 e. The van der Waals surface area contributed by atoms with Crippen LogP contribution in [0.5, 0.6) is 0 Å². The van der Waals surface area contributed by atoms with Crippen molar-refractivity contribution in [2.45, 2.75) is 38.4 Å². The molecule has 1 heterocycles. The number of aromatic nitrogens is 1. The normalized spacial score (nSPS) is 14.6. The Balaban J connectivity index is 1.68. The largest absolute Gasteiger partial charge is 0.331 e. The van der Waals surface area contributed by atoms with Crippen LogP contribution in [0.4, 0.5) is 10.5 Å². The van der Waals surface area contributed by atoms with E-state index in [9.17, 15) is 14.9 Å². The van der Waals surface area contributed by atoms with Crippen LogP contribution in [0.15, 0.2) is 48.7 Å². The van der Waals surface area contributed by atoms with Gasteiger partial charge in [-0.15, -0.1) is 0 Å². The molecule has 1 aliphatic rings. The molecule has 7 nitrogen and oxygen atoms in total. The SMILES string of the molecule is C[C@H](NC(=O)N(Cc1ccccn1)C1CC1)c1cccc([N+](=O)[O-])c1. The van der Waals surface area contributed by atoms with Gasteiger partial charge in [-0.2, -0.15) is 0 Å². The fourth-order valence-electron chi connectivity index (χ4n) is 2.68. The molecule has 0 unspecified atom stereocenters. The van der Waals surface area contributed by atoms with Crippen LogP contribution in [-0.4, -0.2) is 26.9 Å². The van der Waals surface area contributed by atoms with E-state index >= 15 is 0 Å². The summed E-state index contributed by atoms with van der Waals surface area (Å²) < 4.78 is 0. The van der Waals surface area contributed by atoms with Gasteiger partial charge < -0.3 is 10.2 Å². The predicted molar refractivity (Wildman–Crippen MR) is 92.8 cm³/mol. The van der Waals surface area contributed by atoms with Crippen molar-refractivity contribution in [1.82, 2.24) is 15.2 Å². The van der Waals surface area contributed by atoms with E-state index in [0.29, 0.717) is 12.1 Å². The maximum atomic E-state index is 12.7. The minimum absolute atomic E-state index is 0.0196. The summed E-state index contributed by atoms with van der Waals surface area (Å²) in [5.41, 5.74) is 1.56. The smallest absolute Gasteiger partial charge is 0.318 e. The summed E-state index contributed by atoms with van der Waals surface area (Å²) in [6.07, 6.45) is 3.70. The average Bonchev–Trinajstić information content (AvgIpc) is 3.45. The van der Waals surface area contributed by atoms with Crippen molar-refractivity contribution >= 4 is 11.7 Å². The summed E-state index contributed by atoms with van der Waals surface area (Å²) in [5.74, 6) is 0. The zero-order chi connectivity index (χ0) is 17.8. The van der Waals surface area contributed by atoms with Gasteiger partial charge in [-0.25, -0.2) is 4.79 Å². The number of benzene rings is 1. The van der Waals surface area contributed by atoms with Crippen molar-refractivity contribution in [2.24, 2.45) is 0 Å². The molecule has 0 aliphatic heterocycles. The number of nitro benzene ring substituents is 1. The molecule has 0 bridgehead atoms. The second-order valence-corrected chi connectivity index (χ2v) is 6.20. The Morgan fingerprint density at radius 3 is 2.80 bits per heavy atom. The summed E-state index contributed by atoms with van der Waals surface area (Å²) >= 11 is 0. The lowest BCUT2D eigenvalue weighted by molar-refractivity contribution is -0.384. The first-order valence-corrected chi connectivity index (χ1v) is 8.26. The number of hydrogen-bond acceptors (Lipinski definition) is 4. The quantitative estimate of drug-likeness (QED) is 0.644. The van der Waals surface area contributed by atoms with Gasteiger partial charge in [0, 0.05) is 24.4 Å². The fourth-order valence-corrected chi connectivity index (χ4v) is 2.68. The Hall–Kier alpha value is -2.96. The van der Waals surface area contributed by atoms with Crippen LogP contribution in [0.2, 0.25) is 0 Å². The molecule has 0 spiro atoms. The predicted octanol–water partition coefficient (Wildman–Crippen LogP) is 3.43. The van der Waals surface area contributed by atoms with E-state index < -0.39 is 4.92 Å². The van der Waals surface area contributed by atoms with E-state index in [1.165, 1.54) is 12.1 Å². The molecule has 1 aliphatic carbocycles. The number of carbonyl (C=O) groups is 1. The van der Waals surface area contributed by atoms with E-state index in [4.69, 9.17) is 0 Å². The number of hydrogen-bond donors (Lipinski definition) is 1. The van der Waals surface area contributed by atoms with Gasteiger partial charge in [0.05, 0.1) is 23.2 Å². The molecule has 1 saturated carbocycles. The zero-order valence-corrected chi connectivity index (χ0v) is 14.0. The molecule has 3 rings (SSSR count). The van der Waals surface area contributed by atoms with E-state index in [1.807, 2.05) is 25.1 Å². The Kier molecular flexibility index (Phi) is 4.92. The Labute approximate surface area is 145 Å². The van der Waals surface area contributed by atoms with Crippen molar-refractivity contribution in [3.05, 3.63) is 70.0 Å². The lowest BCUT2D eigenvalue weighted by Gasteiger charge is -2.25. The number of nitrogens with one attached hydrogen (secondary N) is 1. The van der Waals surface area contributed by atoms with Gasteiger partial charge >= 0.3 is 6.03 Å². The number of nitro groups is 1. The van der Waals surface area contributed by atoms with Gasteiger partial charge in [0.15, 0.2) is 0 Å². The van der Waals surface area contributed by atoms with Gasteiger partial charge in [0.25, 0.3) is 5.69 Å². The number of urea groups is 1. The first-order chi connectivity index (χ1) is 12.0. The maximum absolute atomic E-state index is 12.7. The second-order valence-electron chi connectivity index (χ2n) is 6.20. The van der Waals surface area contributed by atoms with Crippen molar-refractivity contribution in [1.29, 1.82) is 0 Å². The van der Waals surface area contributed by atoms with Gasteiger partial charge in [-0.1, -0.05) is 18.2 Å². The minimum Gasteiger partial charge on any atom is -0.331 e. The summed E-state index contributed by atoms with van der Waals surface area (Å²) in [7, 11) is 0. The zero-order valence-electron chi connectivity index (χ0n) is 14.0. The summed E-state index contributed by atoms with van der Waals surface area (Å²) in [4.78, 5) is 29.2. The summed E-state index contributed by atoms with van der Waals surface area (Å²) in [6.45, 7) is 2.28. The van der Waals surface area contributed by atoms with Crippen molar-refractivity contribution in [3.63, 3.8) is 0 Å². The summed E-state index contributed by atoms with van der Waals surface area (Å²) in [6, 6.07) is 11.7. The number of pyridine rings is 1. The highest BCUT2D eigenvalue weighted by Crippen LogP contribution is 2.29. The van der Waals surface area contributed by atoms with E-state index in [2.05, 4.69) is 10.3 Å². The topological polar surface area (TPSA) is 88.4 Å². The van der Waals surface area contributed by atoms with E-state index in [-0.39, 0.29) is 23.8 Å². The molecule has 0 radical (unpaired) electrons. The van der Waals surface area contributed by atoms with Crippen LogP contribution in [0, 0.1) is 10.1 Å². The highest BCUT2D eigenvalue weighted by atomic mass is 16.6. The number of amides is 2. The molecule has 2 aromatic rings. The van der Waals surface area contributed by atoms with Crippen molar-refractivity contribution < 1.29 is 9.72 Å². The third kappa shape index (κ3) is 4.32. The van der Waals surface area contributed by atoms with Crippen molar-refractivity contribution in [2.75, 3.05) is 0 Å². The van der Waals surface area contributed by atoms with Crippen LogP contribution in [0.3, 0.4) is 0 Å². The lowest BCUT2D eigenvalue weighted by atomic mass is 10.1. The number of non-ortho nitro benzene ring substituents is 1. The summed E-state index contributed by atoms with van der Waals surface area (Å²) in [5, 5.41) is 13.9. The Bertz CT molecular complexity index is 762. The molecular weight excluding hydrogens is 320 g/mol. The molecule has 1 atom stereocenters. The lowest BCUT2D eigenvalue weighted by Crippen LogP contribution is -2.42. The van der Waals surface area contributed by atoms with Crippen LogP contribution in [0.1, 0.15) is 37.1 Å². The molecular formula is C18H20N4O3. The monoisotopic (exact) mass is 340 g/mol. The molecule has 25 heavy (non-hydrogen) atoms. The standard InChI is InChI=1S/C18H20N4O3/c1-13(14-5-4-7-17(11-14)22(24)25)20-18(23)21(16-8-9-16)12-15-6-2-3-10-19-15/h2-7,10-11,13,16H,8-9,12H2,1H3,(H,20,23)/t13-/m0/s1. The molecule has 130 valence electrons. The molecule has 1 aromatic heterocycles. The van der Waals surface area contributed by atoms with Gasteiger partial charge in [0.1, 0.15) is 0 Å². The Morgan fingerprint density at radius 2 is 2.16 bits per heavy atom. The van der Waals surface area contributed by atoms with Gasteiger partial charge in [-0.05, 0) is 37.5 Å². The van der Waals surface area contributed by atoms with E-state index in [0.717, 1.165) is 18.5 Å². The second kappa shape index (κ2) is 7.29. The Morgan fingerprint density at radius 1 is 1.36 bits per heavy atom. The molecule has 2 amide bonds. The highest BCUT2D eigenvalue weighted by molar-refractivity contribution is 5.75. The van der Waals surface area contributed by atoms with Crippen LogP contribution in [-0.2, 0) is 6.54 Å². The van der Waals surface area contributed by atoms with E-state index in [1.54, 1.807) is 23.2 Å². The number of carbonyl (C=O) groups excluding carboxylic acids is 1. The molecule has 7 heteroatoms. The third-order valence-electron chi connectivity index (χ3n) is 4.23. The van der Waals surface area contributed by atoms with Gasteiger partial charge in [-0.3, -0.25) is 15.1 Å². The molecule has 0 saturated heterocycles. The minimum atomic E-state index is -0.435. The van der Waals surface area contributed by atoms with Gasteiger partial charge in [0.2, 0.25) is 0 Å². The van der Waals surface area contributed by atoms with Crippen LogP contribution in [0.25, 0.3) is 0 Å². The fraction of sp³-hybridized carbons (Fsp3) is 0.333. The third-order valence-corrected chi connectivity index (χ3v) is 4.23. The van der Waals surface area contributed by atoms with Crippen molar-refractivity contribution in [3.8, 4) is 0 Å².